The molecule has 0 radical (unpaired) electrons. The van der Waals surface area contributed by atoms with E-state index < -0.39 is 0 Å². The number of nitrogens with one attached hydrogen (secondary N) is 1. The maximum Gasteiger partial charge on any atom is 0.234 e. The highest BCUT2D eigenvalue weighted by atomic mass is 35.5. The first-order valence-corrected chi connectivity index (χ1v) is 8.90. The average Bonchev–Trinajstić information content (AvgIpc) is 3.26. The van der Waals surface area contributed by atoms with Crippen LogP contribution in [0.2, 0.25) is 5.15 Å². The Morgan fingerprint density at radius 2 is 2.26 bits per heavy atom. The normalized spacial score (nSPS) is 14.3. The van der Waals surface area contributed by atoms with E-state index in [1.54, 1.807) is 18.3 Å². The summed E-state index contributed by atoms with van der Waals surface area (Å²) in [4.78, 5) is 16.0. The number of aromatic nitrogens is 4. The summed E-state index contributed by atoms with van der Waals surface area (Å²) >= 11 is 7.34. The van der Waals surface area contributed by atoms with Crippen LogP contribution in [-0.4, -0.2) is 31.4 Å². The fourth-order valence-corrected chi connectivity index (χ4v) is 3.23. The third kappa shape index (κ3) is 3.84. The van der Waals surface area contributed by atoms with Gasteiger partial charge in [0, 0.05) is 18.2 Å². The highest BCUT2D eigenvalue weighted by molar-refractivity contribution is 7.99. The number of hydrogen-bond donors (Lipinski definition) is 1. The van der Waals surface area contributed by atoms with Crippen LogP contribution in [-0.2, 0) is 4.79 Å². The average molecular weight is 352 g/mol. The van der Waals surface area contributed by atoms with Gasteiger partial charge >= 0.3 is 0 Å². The molecule has 1 saturated carbocycles. The molecular weight excluding hydrogens is 334 g/mol. The van der Waals surface area contributed by atoms with Crippen LogP contribution in [0.25, 0.3) is 0 Å². The molecule has 0 spiro atoms. The number of pyridine rings is 1. The monoisotopic (exact) mass is 351 g/mol. The van der Waals surface area contributed by atoms with Gasteiger partial charge in [0.2, 0.25) is 5.91 Å². The third-order valence-corrected chi connectivity index (χ3v) is 4.73. The molecule has 0 aromatic carbocycles. The third-order valence-electron chi connectivity index (χ3n) is 3.48. The molecule has 3 rings (SSSR count). The molecule has 6 nitrogen and oxygen atoms in total. The molecule has 1 amide bonds. The highest BCUT2D eigenvalue weighted by Gasteiger charge is 2.30. The lowest BCUT2D eigenvalue weighted by atomic mass is 10.2. The van der Waals surface area contributed by atoms with Gasteiger partial charge in [-0.15, -0.1) is 10.2 Å². The van der Waals surface area contributed by atoms with E-state index in [0.717, 1.165) is 23.8 Å². The van der Waals surface area contributed by atoms with Gasteiger partial charge in [-0.25, -0.2) is 4.98 Å². The zero-order valence-corrected chi connectivity index (χ0v) is 14.6. The van der Waals surface area contributed by atoms with Crippen molar-refractivity contribution in [3.05, 3.63) is 29.3 Å². The number of amides is 1. The summed E-state index contributed by atoms with van der Waals surface area (Å²) in [5.41, 5.74) is 0.520. The van der Waals surface area contributed by atoms with Crippen molar-refractivity contribution in [2.75, 3.05) is 11.1 Å². The number of anilines is 1. The van der Waals surface area contributed by atoms with Crippen molar-refractivity contribution in [3.8, 4) is 0 Å². The maximum atomic E-state index is 12.1. The molecule has 0 aliphatic heterocycles. The second kappa shape index (κ2) is 6.88. The molecule has 2 aromatic heterocycles. The molecule has 0 unspecified atom stereocenters. The number of thioether (sulfide) groups is 1. The Kier molecular flexibility index (Phi) is 4.87. The van der Waals surface area contributed by atoms with E-state index in [9.17, 15) is 4.79 Å². The molecule has 1 N–H and O–H groups in total. The molecule has 23 heavy (non-hydrogen) atoms. The van der Waals surface area contributed by atoms with Crippen molar-refractivity contribution < 1.29 is 4.79 Å². The summed E-state index contributed by atoms with van der Waals surface area (Å²) in [6.07, 6.45) is 3.89. The summed E-state index contributed by atoms with van der Waals surface area (Å²) in [7, 11) is 0. The summed E-state index contributed by atoms with van der Waals surface area (Å²) < 4.78 is 2.18. The zero-order chi connectivity index (χ0) is 16.4. The summed E-state index contributed by atoms with van der Waals surface area (Å²) in [5.74, 6) is 1.43. The first-order chi connectivity index (χ1) is 11.1. The summed E-state index contributed by atoms with van der Waals surface area (Å²) in [5, 5.41) is 12.4. The number of hydrogen-bond acceptors (Lipinski definition) is 5. The SMILES string of the molecule is CC(C)c1nnc(SCC(=O)Nc2cccnc2Cl)n1C1CC1. The van der Waals surface area contributed by atoms with E-state index in [-0.39, 0.29) is 16.8 Å². The first kappa shape index (κ1) is 16.3. The minimum absolute atomic E-state index is 0.138. The van der Waals surface area contributed by atoms with Crippen molar-refractivity contribution in [1.29, 1.82) is 0 Å². The van der Waals surface area contributed by atoms with Crippen LogP contribution in [0.1, 0.15) is 44.5 Å². The van der Waals surface area contributed by atoms with Gasteiger partial charge in [-0.1, -0.05) is 37.2 Å². The van der Waals surface area contributed by atoms with Gasteiger partial charge in [-0.3, -0.25) is 4.79 Å². The number of carbonyl (C=O) groups excluding carboxylic acids is 1. The molecular formula is C15H18ClN5OS. The quantitative estimate of drug-likeness (QED) is 0.636. The Balaban J connectivity index is 1.64. The van der Waals surface area contributed by atoms with Crippen molar-refractivity contribution >= 4 is 35.0 Å². The Hall–Kier alpha value is -1.60. The summed E-state index contributed by atoms with van der Waals surface area (Å²) in [6, 6.07) is 3.94. The van der Waals surface area contributed by atoms with Crippen LogP contribution in [0.5, 0.6) is 0 Å². The molecule has 122 valence electrons. The predicted octanol–water partition coefficient (Wildman–Crippen LogP) is 3.52. The first-order valence-electron chi connectivity index (χ1n) is 7.54. The lowest BCUT2D eigenvalue weighted by Crippen LogP contribution is -2.15. The van der Waals surface area contributed by atoms with Crippen molar-refractivity contribution in [2.45, 2.75) is 43.8 Å². The maximum absolute atomic E-state index is 12.1. The van der Waals surface area contributed by atoms with Crippen molar-refractivity contribution in [3.63, 3.8) is 0 Å². The fourth-order valence-electron chi connectivity index (χ4n) is 2.25. The number of halogens is 1. The Morgan fingerprint density at radius 3 is 2.91 bits per heavy atom. The van der Waals surface area contributed by atoms with Crippen molar-refractivity contribution in [2.24, 2.45) is 0 Å². The minimum Gasteiger partial charge on any atom is -0.323 e. The molecule has 0 atom stereocenters. The highest BCUT2D eigenvalue weighted by Crippen LogP contribution is 2.40. The fraction of sp³-hybridized carbons (Fsp3) is 0.467. The zero-order valence-electron chi connectivity index (χ0n) is 13.0. The van der Waals surface area contributed by atoms with Crippen LogP contribution >= 0.6 is 23.4 Å². The van der Waals surface area contributed by atoms with Gasteiger partial charge in [0.15, 0.2) is 10.3 Å². The summed E-state index contributed by atoms with van der Waals surface area (Å²) in [6.45, 7) is 4.21. The Morgan fingerprint density at radius 1 is 1.48 bits per heavy atom. The van der Waals surface area contributed by atoms with E-state index in [2.05, 4.69) is 38.9 Å². The number of nitrogens with zero attached hydrogens (tertiary/aromatic N) is 4. The van der Waals surface area contributed by atoms with Gasteiger partial charge < -0.3 is 9.88 Å². The van der Waals surface area contributed by atoms with Gasteiger partial charge in [0.25, 0.3) is 0 Å². The predicted molar refractivity (Wildman–Crippen MR) is 91.0 cm³/mol. The second-order valence-corrected chi connectivity index (χ2v) is 7.08. The number of carbonyl (C=O) groups is 1. The molecule has 1 aliphatic rings. The smallest absolute Gasteiger partial charge is 0.234 e. The molecule has 2 aromatic rings. The molecule has 0 saturated heterocycles. The Labute approximate surface area is 144 Å². The van der Waals surface area contributed by atoms with Crippen LogP contribution in [0.15, 0.2) is 23.5 Å². The lowest BCUT2D eigenvalue weighted by Gasteiger charge is -2.10. The lowest BCUT2D eigenvalue weighted by molar-refractivity contribution is -0.113. The van der Waals surface area contributed by atoms with Crippen LogP contribution in [0.3, 0.4) is 0 Å². The molecule has 1 fully saturated rings. The Bertz CT molecular complexity index is 714. The molecule has 8 heteroatoms. The van der Waals surface area contributed by atoms with Crippen molar-refractivity contribution in [1.82, 2.24) is 19.7 Å². The minimum atomic E-state index is -0.138. The van der Waals surface area contributed by atoms with E-state index >= 15 is 0 Å². The van der Waals surface area contributed by atoms with E-state index in [4.69, 9.17) is 11.6 Å². The standard InChI is InChI=1S/C15H18ClN5OS/c1-9(2)14-19-20-15(21(14)10-5-6-10)23-8-12(22)18-11-4-3-7-17-13(11)16/h3-4,7,9-10H,5-6,8H2,1-2H3,(H,18,22). The topological polar surface area (TPSA) is 72.7 Å². The van der Waals surface area contributed by atoms with E-state index in [0.29, 0.717) is 17.6 Å². The van der Waals surface area contributed by atoms with Crippen LogP contribution in [0, 0.1) is 0 Å². The van der Waals surface area contributed by atoms with Gasteiger partial charge in [-0.2, -0.15) is 0 Å². The molecule has 0 bridgehead atoms. The largest absolute Gasteiger partial charge is 0.323 e. The molecule has 1 aliphatic carbocycles. The van der Waals surface area contributed by atoms with Gasteiger partial charge in [0.1, 0.15) is 5.82 Å². The van der Waals surface area contributed by atoms with Gasteiger partial charge in [0.05, 0.1) is 11.4 Å². The van der Waals surface area contributed by atoms with Crippen LogP contribution < -0.4 is 5.32 Å². The van der Waals surface area contributed by atoms with E-state index in [1.807, 2.05) is 0 Å². The van der Waals surface area contributed by atoms with Gasteiger partial charge in [-0.05, 0) is 25.0 Å². The second-order valence-electron chi connectivity index (χ2n) is 5.78. The molecule has 2 heterocycles. The van der Waals surface area contributed by atoms with E-state index in [1.165, 1.54) is 11.8 Å². The van der Waals surface area contributed by atoms with Crippen LogP contribution in [0.4, 0.5) is 5.69 Å². The number of rotatable bonds is 6.